The normalized spacial score (nSPS) is 13.6. The van der Waals surface area contributed by atoms with E-state index < -0.39 is 0 Å². The van der Waals surface area contributed by atoms with Crippen LogP contribution in [0.5, 0.6) is 11.5 Å². The van der Waals surface area contributed by atoms with Crippen molar-refractivity contribution in [1.29, 1.82) is 0 Å². The molecule has 2 atom stereocenters. The average Bonchev–Trinajstić information content (AvgIpc) is 2.46. The van der Waals surface area contributed by atoms with Crippen LogP contribution in [0.1, 0.15) is 18.6 Å². The van der Waals surface area contributed by atoms with E-state index in [9.17, 15) is 0 Å². The standard InChI is InChI=1S/C16H17BrClNO2/c1-10(19)16(12-5-3-4-6-14(12)20-2)21-15-8-7-11(17)9-13(15)18/h3-10,16H,19H2,1-2H3. The van der Waals surface area contributed by atoms with Crippen molar-refractivity contribution in [3.63, 3.8) is 0 Å². The molecule has 2 unspecified atom stereocenters. The van der Waals surface area contributed by atoms with Crippen LogP contribution in [0.3, 0.4) is 0 Å². The van der Waals surface area contributed by atoms with Gasteiger partial charge in [-0.3, -0.25) is 0 Å². The molecule has 0 amide bonds. The molecular formula is C16H17BrClNO2. The van der Waals surface area contributed by atoms with E-state index in [0.717, 1.165) is 15.8 Å². The van der Waals surface area contributed by atoms with Gasteiger partial charge in [0, 0.05) is 16.1 Å². The fraction of sp³-hybridized carbons (Fsp3) is 0.250. The van der Waals surface area contributed by atoms with E-state index in [-0.39, 0.29) is 12.1 Å². The van der Waals surface area contributed by atoms with Crippen molar-refractivity contribution in [2.45, 2.75) is 19.1 Å². The van der Waals surface area contributed by atoms with Crippen molar-refractivity contribution < 1.29 is 9.47 Å². The number of ether oxygens (including phenoxy) is 2. The minimum absolute atomic E-state index is 0.221. The van der Waals surface area contributed by atoms with Crippen molar-refractivity contribution in [1.82, 2.24) is 0 Å². The van der Waals surface area contributed by atoms with Gasteiger partial charge in [0.15, 0.2) is 0 Å². The van der Waals surface area contributed by atoms with Gasteiger partial charge in [0.2, 0.25) is 0 Å². The Hall–Kier alpha value is -1.23. The first-order valence-corrected chi connectivity index (χ1v) is 7.70. The van der Waals surface area contributed by atoms with Crippen molar-refractivity contribution in [3.05, 3.63) is 57.5 Å². The molecule has 0 aliphatic rings. The average molecular weight is 371 g/mol. The molecule has 2 rings (SSSR count). The van der Waals surface area contributed by atoms with Crippen LogP contribution in [0.25, 0.3) is 0 Å². The van der Waals surface area contributed by atoms with Crippen molar-refractivity contribution in [2.24, 2.45) is 5.73 Å². The number of rotatable bonds is 5. The Kier molecular flexibility index (Phi) is 5.51. The summed E-state index contributed by atoms with van der Waals surface area (Å²) in [5, 5.41) is 0.532. The zero-order valence-corrected chi connectivity index (χ0v) is 14.2. The maximum atomic E-state index is 6.21. The van der Waals surface area contributed by atoms with Gasteiger partial charge >= 0.3 is 0 Å². The third kappa shape index (κ3) is 3.90. The van der Waals surface area contributed by atoms with E-state index in [1.165, 1.54) is 0 Å². The maximum Gasteiger partial charge on any atom is 0.142 e. The second kappa shape index (κ2) is 7.16. The van der Waals surface area contributed by atoms with Gasteiger partial charge in [-0.2, -0.15) is 0 Å². The van der Waals surface area contributed by atoms with Crippen LogP contribution in [0, 0.1) is 0 Å². The minimum Gasteiger partial charge on any atom is -0.496 e. The van der Waals surface area contributed by atoms with Gasteiger partial charge in [0.05, 0.1) is 12.1 Å². The highest BCUT2D eigenvalue weighted by molar-refractivity contribution is 9.10. The summed E-state index contributed by atoms with van der Waals surface area (Å²) >= 11 is 9.59. The van der Waals surface area contributed by atoms with E-state index in [1.54, 1.807) is 13.2 Å². The molecule has 2 aromatic rings. The highest BCUT2D eigenvalue weighted by atomic mass is 79.9. The summed E-state index contributed by atoms with van der Waals surface area (Å²) in [6, 6.07) is 12.9. The molecule has 0 bridgehead atoms. The molecule has 0 aliphatic heterocycles. The van der Waals surface area contributed by atoms with Gasteiger partial charge < -0.3 is 15.2 Å². The molecule has 0 fully saturated rings. The second-order valence-electron chi connectivity index (χ2n) is 4.71. The quantitative estimate of drug-likeness (QED) is 0.838. The number of benzene rings is 2. The smallest absolute Gasteiger partial charge is 0.142 e. The Morgan fingerprint density at radius 2 is 1.86 bits per heavy atom. The Bertz CT molecular complexity index is 619. The summed E-state index contributed by atoms with van der Waals surface area (Å²) in [6.07, 6.45) is -0.347. The molecule has 112 valence electrons. The number of hydrogen-bond acceptors (Lipinski definition) is 3. The maximum absolute atomic E-state index is 6.21. The number of hydrogen-bond donors (Lipinski definition) is 1. The van der Waals surface area contributed by atoms with E-state index in [4.69, 9.17) is 26.8 Å². The van der Waals surface area contributed by atoms with Crippen LogP contribution >= 0.6 is 27.5 Å². The van der Waals surface area contributed by atoms with E-state index in [0.29, 0.717) is 10.8 Å². The van der Waals surface area contributed by atoms with Gasteiger partial charge in [-0.25, -0.2) is 0 Å². The number of halogens is 2. The SMILES string of the molecule is COc1ccccc1C(Oc1ccc(Br)cc1Cl)C(C)N. The summed E-state index contributed by atoms with van der Waals surface area (Å²) in [7, 11) is 1.63. The molecule has 3 nitrogen and oxygen atoms in total. The topological polar surface area (TPSA) is 44.5 Å². The summed E-state index contributed by atoms with van der Waals surface area (Å²) in [4.78, 5) is 0. The van der Waals surface area contributed by atoms with Crippen molar-refractivity contribution in [3.8, 4) is 11.5 Å². The predicted octanol–water partition coefficient (Wildman–Crippen LogP) is 4.58. The molecule has 0 saturated heterocycles. The van der Waals surface area contributed by atoms with Gasteiger partial charge in [0.1, 0.15) is 17.6 Å². The molecule has 0 aliphatic carbocycles. The lowest BCUT2D eigenvalue weighted by molar-refractivity contribution is 0.176. The van der Waals surface area contributed by atoms with Gasteiger partial charge in [-0.15, -0.1) is 0 Å². The Balaban J connectivity index is 2.36. The molecule has 2 aromatic carbocycles. The lowest BCUT2D eigenvalue weighted by Gasteiger charge is -2.25. The van der Waals surface area contributed by atoms with Crippen LogP contribution in [-0.2, 0) is 0 Å². The van der Waals surface area contributed by atoms with Crippen molar-refractivity contribution in [2.75, 3.05) is 7.11 Å². The molecule has 5 heteroatoms. The molecule has 0 saturated carbocycles. The van der Waals surface area contributed by atoms with Crippen LogP contribution in [0.4, 0.5) is 0 Å². The number of methoxy groups -OCH3 is 1. The first-order chi connectivity index (χ1) is 10.0. The lowest BCUT2D eigenvalue weighted by atomic mass is 10.0. The van der Waals surface area contributed by atoms with Crippen LogP contribution in [-0.4, -0.2) is 13.2 Å². The fourth-order valence-corrected chi connectivity index (χ4v) is 2.78. The lowest BCUT2D eigenvalue weighted by Crippen LogP contribution is -2.29. The number of nitrogens with two attached hydrogens (primary N) is 1. The molecule has 0 spiro atoms. The third-order valence-electron chi connectivity index (χ3n) is 3.07. The molecular weight excluding hydrogens is 354 g/mol. The van der Waals surface area contributed by atoms with Gasteiger partial charge in [0.25, 0.3) is 0 Å². The Morgan fingerprint density at radius 3 is 2.48 bits per heavy atom. The molecule has 21 heavy (non-hydrogen) atoms. The van der Waals surface area contributed by atoms with Crippen LogP contribution < -0.4 is 15.2 Å². The molecule has 0 radical (unpaired) electrons. The summed E-state index contributed by atoms with van der Waals surface area (Å²) in [6.45, 7) is 1.89. The Labute approximate surface area is 138 Å². The van der Waals surface area contributed by atoms with Crippen LogP contribution in [0.15, 0.2) is 46.9 Å². The summed E-state index contributed by atoms with van der Waals surface area (Å²) < 4.78 is 12.3. The molecule has 0 aromatic heterocycles. The zero-order chi connectivity index (χ0) is 15.4. The monoisotopic (exact) mass is 369 g/mol. The largest absolute Gasteiger partial charge is 0.496 e. The van der Waals surface area contributed by atoms with E-state index in [2.05, 4.69) is 15.9 Å². The van der Waals surface area contributed by atoms with E-state index in [1.807, 2.05) is 43.3 Å². The zero-order valence-electron chi connectivity index (χ0n) is 11.8. The third-order valence-corrected chi connectivity index (χ3v) is 3.86. The highest BCUT2D eigenvalue weighted by Gasteiger charge is 2.22. The molecule has 2 N–H and O–H groups in total. The summed E-state index contributed by atoms with van der Waals surface area (Å²) in [5.41, 5.74) is 6.98. The van der Waals surface area contributed by atoms with Gasteiger partial charge in [-0.1, -0.05) is 45.7 Å². The van der Waals surface area contributed by atoms with Gasteiger partial charge in [-0.05, 0) is 31.2 Å². The first kappa shape index (κ1) is 16.1. The van der Waals surface area contributed by atoms with Crippen LogP contribution in [0.2, 0.25) is 5.02 Å². The second-order valence-corrected chi connectivity index (χ2v) is 6.04. The Morgan fingerprint density at radius 1 is 1.14 bits per heavy atom. The summed E-state index contributed by atoms with van der Waals surface area (Å²) in [5.74, 6) is 1.33. The minimum atomic E-state index is -0.347. The molecule has 0 heterocycles. The van der Waals surface area contributed by atoms with E-state index >= 15 is 0 Å². The predicted molar refractivity (Wildman–Crippen MR) is 89.2 cm³/mol. The number of para-hydroxylation sites is 1. The highest BCUT2D eigenvalue weighted by Crippen LogP contribution is 2.35. The van der Waals surface area contributed by atoms with Crippen molar-refractivity contribution >= 4 is 27.5 Å². The fourth-order valence-electron chi connectivity index (χ4n) is 2.06. The first-order valence-electron chi connectivity index (χ1n) is 6.53.